The molecular formula is C26H20F2N2O4S. The number of hydrogen-bond acceptors (Lipinski definition) is 7. The average molecular weight is 495 g/mol. The van der Waals surface area contributed by atoms with Crippen LogP contribution >= 0.6 is 11.8 Å². The Hall–Kier alpha value is -3.90. The number of pyridine rings is 1. The van der Waals surface area contributed by atoms with Crippen LogP contribution in [0.2, 0.25) is 0 Å². The number of halogens is 2. The Labute approximate surface area is 205 Å². The molecule has 35 heavy (non-hydrogen) atoms. The fourth-order valence-electron chi connectivity index (χ4n) is 3.50. The van der Waals surface area contributed by atoms with Gasteiger partial charge in [0.1, 0.15) is 22.5 Å². The number of ether oxygens (including phenoxy) is 3. The molecule has 0 unspecified atom stereocenters. The number of nitriles is 1. The van der Waals surface area contributed by atoms with Crippen LogP contribution in [0.3, 0.4) is 0 Å². The minimum absolute atomic E-state index is 0.132. The molecule has 0 saturated carbocycles. The van der Waals surface area contributed by atoms with Gasteiger partial charge < -0.3 is 14.2 Å². The second-order valence-electron chi connectivity index (χ2n) is 7.58. The Balaban J connectivity index is 1.54. The molecule has 0 aliphatic carbocycles. The SMILES string of the molecule is COc1ccc(/C=C/C(=O)c2ccc3c(c2)OCO3)cc1CSc1nc(C(F)F)cc(C)c1C#N. The Morgan fingerprint density at radius 2 is 2.03 bits per heavy atom. The van der Waals surface area contributed by atoms with E-state index >= 15 is 0 Å². The lowest BCUT2D eigenvalue weighted by atomic mass is 10.1. The molecule has 178 valence electrons. The van der Waals surface area contributed by atoms with E-state index in [1.807, 2.05) is 12.1 Å². The van der Waals surface area contributed by atoms with Crippen LogP contribution in [0.4, 0.5) is 8.78 Å². The van der Waals surface area contributed by atoms with E-state index in [2.05, 4.69) is 4.98 Å². The molecule has 0 N–H and O–H groups in total. The van der Waals surface area contributed by atoms with Crippen LogP contribution in [0, 0.1) is 18.3 Å². The number of thioether (sulfide) groups is 1. The van der Waals surface area contributed by atoms with E-state index in [0.29, 0.717) is 34.1 Å². The zero-order valence-electron chi connectivity index (χ0n) is 18.9. The molecule has 2 aromatic carbocycles. The van der Waals surface area contributed by atoms with Crippen LogP contribution < -0.4 is 14.2 Å². The number of carbonyl (C=O) groups excluding carboxylic acids is 1. The van der Waals surface area contributed by atoms with Gasteiger partial charge in [0.15, 0.2) is 17.3 Å². The van der Waals surface area contributed by atoms with E-state index < -0.39 is 6.43 Å². The lowest BCUT2D eigenvalue weighted by molar-refractivity contribution is 0.104. The monoisotopic (exact) mass is 494 g/mol. The van der Waals surface area contributed by atoms with Crippen molar-refractivity contribution in [2.45, 2.75) is 24.1 Å². The van der Waals surface area contributed by atoms with Crippen LogP contribution in [-0.2, 0) is 5.75 Å². The number of ketones is 1. The first-order chi connectivity index (χ1) is 16.9. The highest BCUT2D eigenvalue weighted by Crippen LogP contribution is 2.34. The summed E-state index contributed by atoms with van der Waals surface area (Å²) >= 11 is 1.18. The number of benzene rings is 2. The van der Waals surface area contributed by atoms with Gasteiger partial charge >= 0.3 is 0 Å². The molecule has 0 spiro atoms. The topological polar surface area (TPSA) is 81.4 Å². The Morgan fingerprint density at radius 1 is 1.23 bits per heavy atom. The molecule has 6 nitrogen and oxygen atoms in total. The summed E-state index contributed by atoms with van der Waals surface area (Å²) in [6.45, 7) is 1.74. The second-order valence-corrected chi connectivity index (χ2v) is 8.55. The molecule has 0 bridgehead atoms. The van der Waals surface area contributed by atoms with Crippen molar-refractivity contribution >= 4 is 23.6 Å². The quantitative estimate of drug-likeness (QED) is 0.212. The molecule has 1 aliphatic rings. The minimum Gasteiger partial charge on any atom is -0.496 e. The molecule has 2 heterocycles. The van der Waals surface area contributed by atoms with E-state index in [-0.39, 0.29) is 28.9 Å². The number of carbonyl (C=O) groups is 1. The standard InChI is InChI=1S/C26H20F2N2O4S/c1-15-9-20(25(27)28)30-26(19(15)12-29)35-13-18-10-16(4-7-22(18)32-2)3-6-21(31)17-5-8-23-24(11-17)34-14-33-23/h3-11,25H,13-14H2,1-2H3/b6-3+. The van der Waals surface area contributed by atoms with Gasteiger partial charge in [0.25, 0.3) is 6.43 Å². The normalized spacial score (nSPS) is 12.2. The molecule has 0 radical (unpaired) electrons. The molecule has 0 fully saturated rings. The van der Waals surface area contributed by atoms with Gasteiger partial charge in [-0.2, -0.15) is 5.26 Å². The van der Waals surface area contributed by atoms with Crippen LogP contribution in [0.5, 0.6) is 17.2 Å². The minimum atomic E-state index is -2.73. The van der Waals surface area contributed by atoms with E-state index in [1.165, 1.54) is 31.0 Å². The number of hydrogen-bond donors (Lipinski definition) is 0. The van der Waals surface area contributed by atoms with Gasteiger partial charge in [-0.15, -0.1) is 11.8 Å². The van der Waals surface area contributed by atoms with Crippen molar-refractivity contribution in [3.63, 3.8) is 0 Å². The number of nitrogens with zero attached hydrogens (tertiary/aromatic N) is 2. The highest BCUT2D eigenvalue weighted by molar-refractivity contribution is 7.98. The number of methoxy groups -OCH3 is 1. The summed E-state index contributed by atoms with van der Waals surface area (Å²) in [7, 11) is 1.53. The maximum Gasteiger partial charge on any atom is 0.280 e. The molecular weight excluding hydrogens is 474 g/mol. The summed E-state index contributed by atoms with van der Waals surface area (Å²) in [5.74, 6) is 1.86. The summed E-state index contributed by atoms with van der Waals surface area (Å²) in [6.07, 6.45) is 0.411. The maximum atomic E-state index is 13.2. The van der Waals surface area contributed by atoms with Crippen molar-refractivity contribution < 1.29 is 27.8 Å². The van der Waals surface area contributed by atoms with E-state index in [9.17, 15) is 18.8 Å². The number of aryl methyl sites for hydroxylation is 1. The van der Waals surface area contributed by atoms with Gasteiger partial charge in [-0.05, 0) is 60.5 Å². The van der Waals surface area contributed by atoms with Gasteiger partial charge in [-0.25, -0.2) is 13.8 Å². The third kappa shape index (κ3) is 5.44. The van der Waals surface area contributed by atoms with E-state index in [4.69, 9.17) is 14.2 Å². The Morgan fingerprint density at radius 3 is 2.77 bits per heavy atom. The van der Waals surface area contributed by atoms with Gasteiger partial charge in [0.2, 0.25) is 6.79 Å². The molecule has 0 saturated heterocycles. The highest BCUT2D eigenvalue weighted by atomic mass is 32.2. The molecule has 3 aromatic rings. The Kier molecular flexibility index (Phi) is 7.32. The summed E-state index contributed by atoms with van der Waals surface area (Å²) in [5, 5.41) is 9.71. The van der Waals surface area contributed by atoms with Gasteiger partial charge in [0, 0.05) is 16.9 Å². The van der Waals surface area contributed by atoms with Gasteiger partial charge in [-0.3, -0.25) is 4.79 Å². The van der Waals surface area contributed by atoms with Crippen molar-refractivity contribution in [1.29, 1.82) is 5.26 Å². The predicted octanol–water partition coefficient (Wildman–Crippen LogP) is 6.13. The number of rotatable bonds is 8. The number of alkyl halides is 2. The Bertz CT molecular complexity index is 1350. The van der Waals surface area contributed by atoms with Crippen LogP contribution in [0.25, 0.3) is 6.08 Å². The third-order valence-electron chi connectivity index (χ3n) is 5.29. The van der Waals surface area contributed by atoms with Crippen LogP contribution in [0.15, 0.2) is 53.6 Å². The molecule has 0 atom stereocenters. The molecule has 1 aliphatic heterocycles. The number of allylic oxidation sites excluding steroid dienone is 1. The first-order valence-corrected chi connectivity index (χ1v) is 11.5. The zero-order chi connectivity index (χ0) is 24.9. The first-order valence-electron chi connectivity index (χ1n) is 10.5. The first kappa shape index (κ1) is 24.2. The van der Waals surface area contributed by atoms with E-state index in [1.54, 1.807) is 43.3 Å². The van der Waals surface area contributed by atoms with Gasteiger partial charge in [0.05, 0.1) is 12.7 Å². The van der Waals surface area contributed by atoms with Gasteiger partial charge in [-0.1, -0.05) is 12.1 Å². The second kappa shape index (κ2) is 10.6. The maximum absolute atomic E-state index is 13.2. The highest BCUT2D eigenvalue weighted by Gasteiger charge is 2.17. The van der Waals surface area contributed by atoms with E-state index in [0.717, 1.165) is 11.1 Å². The lowest BCUT2D eigenvalue weighted by Gasteiger charge is -2.12. The summed E-state index contributed by atoms with van der Waals surface area (Å²) < 4.78 is 42.4. The fraction of sp³-hybridized carbons (Fsp3) is 0.192. The van der Waals surface area contributed by atoms with Crippen molar-refractivity contribution in [2.75, 3.05) is 13.9 Å². The van der Waals surface area contributed by atoms with Crippen molar-refractivity contribution in [3.05, 3.63) is 82.1 Å². The smallest absolute Gasteiger partial charge is 0.280 e. The molecule has 0 amide bonds. The predicted molar refractivity (Wildman–Crippen MR) is 127 cm³/mol. The number of aromatic nitrogens is 1. The summed E-state index contributed by atoms with van der Waals surface area (Å²) in [5.41, 5.74) is 2.34. The third-order valence-corrected chi connectivity index (χ3v) is 6.32. The lowest BCUT2D eigenvalue weighted by Crippen LogP contribution is -1.99. The largest absolute Gasteiger partial charge is 0.496 e. The number of fused-ring (bicyclic) bond motifs is 1. The van der Waals surface area contributed by atoms with Crippen molar-refractivity contribution in [3.8, 4) is 23.3 Å². The summed E-state index contributed by atoms with van der Waals surface area (Å²) in [6, 6.07) is 13.7. The average Bonchev–Trinajstić information content (AvgIpc) is 3.33. The fourth-order valence-corrected chi connectivity index (χ4v) is 4.54. The van der Waals surface area contributed by atoms with Crippen LogP contribution in [0.1, 0.15) is 44.7 Å². The van der Waals surface area contributed by atoms with Crippen LogP contribution in [-0.4, -0.2) is 24.7 Å². The van der Waals surface area contributed by atoms with Crippen molar-refractivity contribution in [2.24, 2.45) is 0 Å². The molecule has 1 aromatic heterocycles. The zero-order valence-corrected chi connectivity index (χ0v) is 19.7. The van der Waals surface area contributed by atoms with Crippen molar-refractivity contribution in [1.82, 2.24) is 4.98 Å². The molecule has 9 heteroatoms. The molecule has 4 rings (SSSR count). The summed E-state index contributed by atoms with van der Waals surface area (Å²) in [4.78, 5) is 16.6.